The molecular weight excluding hydrogens is 202 g/mol. The van der Waals surface area contributed by atoms with E-state index in [1.54, 1.807) is 0 Å². The Morgan fingerprint density at radius 2 is 1.57 bits per heavy atom. The fourth-order valence-electron chi connectivity index (χ4n) is 2.37. The zero-order valence-electron chi connectivity index (χ0n) is 8.52. The second kappa shape index (κ2) is 5.91. The van der Waals surface area contributed by atoms with Gasteiger partial charge in [-0.3, -0.25) is 4.90 Å². The number of halogens is 1. The topological polar surface area (TPSA) is 32.7 Å². The number of aliphatic hydroxyl groups is 1. The van der Waals surface area contributed by atoms with E-state index in [4.69, 9.17) is 4.74 Å². The molecular formula is C10H20ClNO2. The van der Waals surface area contributed by atoms with Gasteiger partial charge in [0.1, 0.15) is 0 Å². The molecule has 14 heavy (non-hydrogen) atoms. The van der Waals surface area contributed by atoms with Gasteiger partial charge in [0.25, 0.3) is 0 Å². The van der Waals surface area contributed by atoms with Crippen LogP contribution in [0.1, 0.15) is 25.7 Å². The van der Waals surface area contributed by atoms with Crippen LogP contribution in [0.3, 0.4) is 0 Å². The minimum atomic E-state index is -0.0303. The smallest absolute Gasteiger partial charge is 0.0594 e. The number of morpholine rings is 1. The quantitative estimate of drug-likeness (QED) is 0.719. The van der Waals surface area contributed by atoms with Gasteiger partial charge in [0.05, 0.1) is 19.3 Å². The van der Waals surface area contributed by atoms with E-state index >= 15 is 0 Å². The molecule has 4 heteroatoms. The molecule has 2 aliphatic rings. The van der Waals surface area contributed by atoms with Crippen molar-refractivity contribution in [1.82, 2.24) is 4.90 Å². The van der Waals surface area contributed by atoms with Crippen molar-refractivity contribution in [1.29, 1.82) is 0 Å². The van der Waals surface area contributed by atoms with Gasteiger partial charge >= 0.3 is 0 Å². The third-order valence-electron chi connectivity index (χ3n) is 3.23. The first-order chi connectivity index (χ1) is 6.36. The average Bonchev–Trinajstić information content (AvgIpc) is 2.20. The Balaban J connectivity index is 0.000000980. The molecule has 3 nitrogen and oxygen atoms in total. The van der Waals surface area contributed by atoms with E-state index in [1.807, 2.05) is 0 Å². The van der Waals surface area contributed by atoms with Gasteiger partial charge in [0, 0.05) is 19.1 Å². The fraction of sp³-hybridized carbons (Fsp3) is 1.00. The van der Waals surface area contributed by atoms with Gasteiger partial charge in [-0.2, -0.15) is 0 Å². The van der Waals surface area contributed by atoms with Crippen LogP contribution in [0, 0.1) is 0 Å². The van der Waals surface area contributed by atoms with E-state index in [1.165, 1.54) is 12.8 Å². The maximum Gasteiger partial charge on any atom is 0.0594 e. The van der Waals surface area contributed by atoms with Crippen molar-refractivity contribution in [3.63, 3.8) is 0 Å². The molecule has 0 spiro atoms. The van der Waals surface area contributed by atoms with Crippen molar-refractivity contribution in [2.24, 2.45) is 0 Å². The number of aliphatic hydroxyl groups excluding tert-OH is 1. The third-order valence-corrected chi connectivity index (χ3v) is 3.23. The van der Waals surface area contributed by atoms with E-state index in [9.17, 15) is 5.11 Å². The van der Waals surface area contributed by atoms with Crippen LogP contribution in [0.15, 0.2) is 0 Å². The molecule has 1 aliphatic carbocycles. The Kier molecular flexibility index (Phi) is 5.17. The third kappa shape index (κ3) is 3.09. The summed E-state index contributed by atoms with van der Waals surface area (Å²) in [5.74, 6) is 0. The lowest BCUT2D eigenvalue weighted by atomic mass is 9.92. The van der Waals surface area contributed by atoms with Crippen LogP contribution in [-0.2, 0) is 4.74 Å². The summed E-state index contributed by atoms with van der Waals surface area (Å²) in [5, 5.41) is 9.38. The number of hydrogen-bond donors (Lipinski definition) is 1. The van der Waals surface area contributed by atoms with Gasteiger partial charge < -0.3 is 9.84 Å². The Bertz CT molecular complexity index is 154. The maximum atomic E-state index is 9.38. The van der Waals surface area contributed by atoms with Crippen molar-refractivity contribution >= 4 is 12.4 Å². The second-order valence-corrected chi connectivity index (χ2v) is 4.11. The van der Waals surface area contributed by atoms with Crippen LogP contribution >= 0.6 is 12.4 Å². The van der Waals surface area contributed by atoms with Crippen LogP contribution in [0.4, 0.5) is 0 Å². The van der Waals surface area contributed by atoms with E-state index in [0.29, 0.717) is 6.04 Å². The lowest BCUT2D eigenvalue weighted by Crippen LogP contribution is -2.45. The van der Waals surface area contributed by atoms with Gasteiger partial charge in [-0.25, -0.2) is 0 Å². The van der Waals surface area contributed by atoms with Crippen LogP contribution in [0.2, 0.25) is 0 Å². The molecule has 1 saturated carbocycles. The van der Waals surface area contributed by atoms with Crippen LogP contribution < -0.4 is 0 Å². The van der Waals surface area contributed by atoms with Crippen LogP contribution in [-0.4, -0.2) is 48.5 Å². The van der Waals surface area contributed by atoms with Crippen LogP contribution in [0.25, 0.3) is 0 Å². The average molecular weight is 222 g/mol. The fourth-order valence-corrected chi connectivity index (χ4v) is 2.37. The van der Waals surface area contributed by atoms with E-state index in [2.05, 4.69) is 4.90 Å². The summed E-state index contributed by atoms with van der Waals surface area (Å²) in [7, 11) is 0. The number of rotatable bonds is 1. The molecule has 0 bridgehead atoms. The van der Waals surface area contributed by atoms with Crippen molar-refractivity contribution in [2.45, 2.75) is 37.8 Å². The zero-order valence-corrected chi connectivity index (χ0v) is 9.34. The summed E-state index contributed by atoms with van der Waals surface area (Å²) in [6, 6.07) is 0.715. The first-order valence-electron chi connectivity index (χ1n) is 5.36. The standard InChI is InChI=1S/C10H19NO2.ClH/c12-10-3-1-9(2-4-10)11-5-7-13-8-6-11;/h9-10,12H,1-8H2;1H. The van der Waals surface area contributed by atoms with Gasteiger partial charge in [-0.15, -0.1) is 12.4 Å². The van der Waals surface area contributed by atoms with E-state index in [-0.39, 0.29) is 18.5 Å². The normalized spacial score (nSPS) is 34.9. The molecule has 1 N–H and O–H groups in total. The lowest BCUT2D eigenvalue weighted by molar-refractivity contribution is -0.00365. The molecule has 2 rings (SSSR count). The number of hydrogen-bond acceptors (Lipinski definition) is 3. The summed E-state index contributed by atoms with van der Waals surface area (Å²) >= 11 is 0. The molecule has 2 fully saturated rings. The van der Waals surface area contributed by atoms with Crippen LogP contribution in [0.5, 0.6) is 0 Å². The highest BCUT2D eigenvalue weighted by Gasteiger charge is 2.25. The van der Waals surface area contributed by atoms with Crippen molar-refractivity contribution in [2.75, 3.05) is 26.3 Å². The second-order valence-electron chi connectivity index (χ2n) is 4.11. The zero-order chi connectivity index (χ0) is 9.10. The Morgan fingerprint density at radius 1 is 1.00 bits per heavy atom. The molecule has 0 atom stereocenters. The van der Waals surface area contributed by atoms with E-state index < -0.39 is 0 Å². The van der Waals surface area contributed by atoms with Gasteiger partial charge in [0.15, 0.2) is 0 Å². The Labute approximate surface area is 91.8 Å². The molecule has 1 heterocycles. The van der Waals surface area contributed by atoms with E-state index in [0.717, 1.165) is 39.1 Å². The largest absolute Gasteiger partial charge is 0.393 e. The molecule has 0 amide bonds. The molecule has 1 saturated heterocycles. The Morgan fingerprint density at radius 3 is 2.14 bits per heavy atom. The number of nitrogens with zero attached hydrogens (tertiary/aromatic N) is 1. The summed E-state index contributed by atoms with van der Waals surface area (Å²) in [4.78, 5) is 2.52. The van der Waals surface area contributed by atoms with Crippen molar-refractivity contribution < 1.29 is 9.84 Å². The molecule has 84 valence electrons. The first kappa shape index (κ1) is 12.2. The minimum absolute atomic E-state index is 0. The highest BCUT2D eigenvalue weighted by Crippen LogP contribution is 2.23. The SMILES string of the molecule is Cl.OC1CCC(N2CCOCC2)CC1. The summed E-state index contributed by atoms with van der Waals surface area (Å²) in [6.07, 6.45) is 4.28. The molecule has 0 unspecified atom stereocenters. The summed E-state index contributed by atoms with van der Waals surface area (Å²) in [5.41, 5.74) is 0. The summed E-state index contributed by atoms with van der Waals surface area (Å²) in [6.45, 7) is 3.94. The monoisotopic (exact) mass is 221 g/mol. The molecule has 0 radical (unpaired) electrons. The Hall–Kier alpha value is 0.170. The van der Waals surface area contributed by atoms with Crippen molar-refractivity contribution in [3.8, 4) is 0 Å². The molecule has 0 aromatic carbocycles. The highest BCUT2D eigenvalue weighted by atomic mass is 35.5. The molecule has 0 aromatic heterocycles. The highest BCUT2D eigenvalue weighted by molar-refractivity contribution is 5.85. The van der Waals surface area contributed by atoms with Crippen molar-refractivity contribution in [3.05, 3.63) is 0 Å². The predicted molar refractivity (Wildman–Crippen MR) is 57.9 cm³/mol. The maximum absolute atomic E-state index is 9.38. The lowest BCUT2D eigenvalue weighted by Gasteiger charge is -2.37. The first-order valence-corrected chi connectivity index (χ1v) is 5.36. The van der Waals surface area contributed by atoms with Gasteiger partial charge in [-0.1, -0.05) is 0 Å². The van der Waals surface area contributed by atoms with Gasteiger partial charge in [-0.05, 0) is 25.7 Å². The van der Waals surface area contributed by atoms with Gasteiger partial charge in [0.2, 0.25) is 0 Å². The molecule has 0 aromatic rings. The molecule has 1 aliphatic heterocycles. The minimum Gasteiger partial charge on any atom is -0.393 e. The summed E-state index contributed by atoms with van der Waals surface area (Å²) < 4.78 is 5.32. The number of ether oxygens (including phenoxy) is 1. The predicted octanol–water partition coefficient (Wildman–Crippen LogP) is 1.04.